The van der Waals surface area contributed by atoms with Crippen LogP contribution in [0.4, 0.5) is 4.79 Å². The van der Waals surface area contributed by atoms with E-state index in [2.05, 4.69) is 15.5 Å². The fourth-order valence-electron chi connectivity index (χ4n) is 3.10. The molecule has 0 aliphatic carbocycles. The Balaban J connectivity index is 1.52. The minimum absolute atomic E-state index is 0.0973. The van der Waals surface area contributed by atoms with Gasteiger partial charge in [0.2, 0.25) is 0 Å². The third kappa shape index (κ3) is 3.79. The van der Waals surface area contributed by atoms with Crippen molar-refractivity contribution in [3.63, 3.8) is 0 Å². The van der Waals surface area contributed by atoms with Gasteiger partial charge in [0.1, 0.15) is 5.71 Å². The highest BCUT2D eigenvalue weighted by molar-refractivity contribution is 6.39. The number of rotatable bonds is 4. The van der Waals surface area contributed by atoms with Crippen LogP contribution in [0.3, 0.4) is 0 Å². The maximum absolute atomic E-state index is 12.4. The van der Waals surface area contributed by atoms with Gasteiger partial charge in [-0.1, -0.05) is 11.2 Å². The normalized spacial score (nSPS) is 21.7. The van der Waals surface area contributed by atoms with E-state index in [9.17, 15) is 9.59 Å². The zero-order valence-electron chi connectivity index (χ0n) is 15.4. The smallest absolute Gasteiger partial charge is 0.317 e. The van der Waals surface area contributed by atoms with Crippen LogP contribution in [0.5, 0.6) is 0 Å². The van der Waals surface area contributed by atoms with Gasteiger partial charge in [0, 0.05) is 51.4 Å². The molecule has 1 N–H and O–H groups in total. The number of nitrogens with one attached hydrogen (secondary N) is 1. The first-order valence-electron chi connectivity index (χ1n) is 8.84. The van der Waals surface area contributed by atoms with Crippen molar-refractivity contribution in [2.45, 2.75) is 44.9 Å². The molecule has 8 heteroatoms. The number of hydrogen-bond donors (Lipinski definition) is 1. The van der Waals surface area contributed by atoms with Crippen LogP contribution >= 0.6 is 0 Å². The van der Waals surface area contributed by atoms with Gasteiger partial charge in [-0.15, -0.1) is 0 Å². The monoisotopic (exact) mass is 359 g/mol. The molecule has 3 amide bonds. The van der Waals surface area contributed by atoms with Crippen LogP contribution in [0.15, 0.2) is 29.7 Å². The molecule has 140 valence electrons. The largest absolute Gasteiger partial charge is 0.386 e. The van der Waals surface area contributed by atoms with Crippen molar-refractivity contribution in [1.82, 2.24) is 20.1 Å². The first kappa shape index (κ1) is 18.2. The van der Waals surface area contributed by atoms with Crippen molar-refractivity contribution in [1.29, 1.82) is 0 Å². The lowest BCUT2D eigenvalue weighted by atomic mass is 9.96. The molecule has 1 aromatic rings. The molecule has 0 unspecified atom stereocenters. The van der Waals surface area contributed by atoms with Gasteiger partial charge in [-0.2, -0.15) is 0 Å². The van der Waals surface area contributed by atoms with Gasteiger partial charge >= 0.3 is 6.03 Å². The SMILES string of the molecule is CC(C)N(C)C(=O)C1=NO[C@@]2(CCN(C(=O)NCc3cccnc3)C2)C1. The van der Waals surface area contributed by atoms with Crippen molar-refractivity contribution >= 4 is 17.6 Å². The summed E-state index contributed by atoms with van der Waals surface area (Å²) in [6.45, 7) is 5.34. The fourth-order valence-corrected chi connectivity index (χ4v) is 3.10. The quantitative estimate of drug-likeness (QED) is 0.880. The lowest BCUT2D eigenvalue weighted by Gasteiger charge is -2.23. The van der Waals surface area contributed by atoms with Crippen LogP contribution in [-0.2, 0) is 16.2 Å². The van der Waals surface area contributed by atoms with Crippen LogP contribution in [0.2, 0.25) is 0 Å². The number of likely N-dealkylation sites (tertiary alicyclic amines) is 1. The molecule has 2 aliphatic heterocycles. The molecule has 0 aromatic carbocycles. The molecule has 2 aliphatic rings. The molecule has 3 heterocycles. The third-order valence-electron chi connectivity index (χ3n) is 4.95. The Bertz CT molecular complexity index is 706. The lowest BCUT2D eigenvalue weighted by molar-refractivity contribution is -0.124. The minimum Gasteiger partial charge on any atom is -0.386 e. The predicted octanol–water partition coefficient (Wildman–Crippen LogP) is 1.38. The maximum Gasteiger partial charge on any atom is 0.317 e. The maximum atomic E-state index is 12.4. The molecule has 0 saturated carbocycles. The highest BCUT2D eigenvalue weighted by Gasteiger charge is 2.48. The van der Waals surface area contributed by atoms with Gasteiger partial charge in [0.05, 0.1) is 6.54 Å². The summed E-state index contributed by atoms with van der Waals surface area (Å²) in [6.07, 6.45) is 4.53. The summed E-state index contributed by atoms with van der Waals surface area (Å²) in [4.78, 5) is 37.8. The second-order valence-corrected chi connectivity index (χ2v) is 7.19. The van der Waals surface area contributed by atoms with Gasteiger partial charge in [0.25, 0.3) is 5.91 Å². The van der Waals surface area contributed by atoms with Crippen molar-refractivity contribution in [3.8, 4) is 0 Å². The van der Waals surface area contributed by atoms with Gasteiger partial charge in [-0.05, 0) is 25.5 Å². The molecule has 0 radical (unpaired) electrons. The van der Waals surface area contributed by atoms with E-state index in [1.54, 1.807) is 29.2 Å². The first-order valence-corrected chi connectivity index (χ1v) is 8.84. The molecule has 1 aromatic heterocycles. The van der Waals surface area contributed by atoms with Crippen molar-refractivity contribution in [3.05, 3.63) is 30.1 Å². The first-order chi connectivity index (χ1) is 12.4. The van der Waals surface area contributed by atoms with Crippen LogP contribution in [0.1, 0.15) is 32.3 Å². The number of carbonyl (C=O) groups excluding carboxylic acids is 2. The zero-order valence-corrected chi connectivity index (χ0v) is 15.4. The Hall–Kier alpha value is -2.64. The number of amides is 3. The molecule has 3 rings (SSSR count). The number of pyridine rings is 1. The summed E-state index contributed by atoms with van der Waals surface area (Å²) in [5.41, 5.74) is 0.799. The molecule has 1 atom stereocenters. The van der Waals surface area contributed by atoms with E-state index in [1.165, 1.54) is 0 Å². The number of oxime groups is 1. The van der Waals surface area contributed by atoms with Crippen LogP contribution in [0.25, 0.3) is 0 Å². The molecule has 0 bridgehead atoms. The second kappa shape index (κ2) is 7.31. The summed E-state index contributed by atoms with van der Waals surface area (Å²) >= 11 is 0. The number of aromatic nitrogens is 1. The summed E-state index contributed by atoms with van der Waals surface area (Å²) in [5, 5.41) is 6.91. The summed E-state index contributed by atoms with van der Waals surface area (Å²) in [6, 6.07) is 3.70. The number of nitrogens with zero attached hydrogens (tertiary/aromatic N) is 4. The van der Waals surface area contributed by atoms with E-state index in [1.807, 2.05) is 26.0 Å². The van der Waals surface area contributed by atoms with Crippen molar-refractivity contribution in [2.75, 3.05) is 20.1 Å². The number of carbonyl (C=O) groups is 2. The average molecular weight is 359 g/mol. The summed E-state index contributed by atoms with van der Waals surface area (Å²) in [5.74, 6) is -0.114. The van der Waals surface area contributed by atoms with Gasteiger partial charge < -0.3 is 20.0 Å². The summed E-state index contributed by atoms with van der Waals surface area (Å²) in [7, 11) is 1.76. The van der Waals surface area contributed by atoms with Crippen LogP contribution < -0.4 is 5.32 Å². The molecule has 26 heavy (non-hydrogen) atoms. The molecule has 1 fully saturated rings. The zero-order chi connectivity index (χ0) is 18.7. The lowest BCUT2D eigenvalue weighted by Crippen LogP contribution is -2.43. The fraction of sp³-hybridized carbons (Fsp3) is 0.556. The van der Waals surface area contributed by atoms with E-state index >= 15 is 0 Å². The second-order valence-electron chi connectivity index (χ2n) is 7.19. The highest BCUT2D eigenvalue weighted by Crippen LogP contribution is 2.34. The van der Waals surface area contributed by atoms with Crippen LogP contribution in [0, 0.1) is 0 Å². The van der Waals surface area contributed by atoms with Gasteiger partial charge in [-0.3, -0.25) is 9.78 Å². The highest BCUT2D eigenvalue weighted by atomic mass is 16.7. The Kier molecular flexibility index (Phi) is 5.11. The number of hydrogen-bond acceptors (Lipinski definition) is 5. The van der Waals surface area contributed by atoms with Crippen molar-refractivity contribution in [2.24, 2.45) is 5.16 Å². The molecule has 1 spiro atoms. The van der Waals surface area contributed by atoms with Crippen LogP contribution in [-0.4, -0.2) is 64.2 Å². The average Bonchev–Trinajstić information content (AvgIpc) is 3.26. The van der Waals surface area contributed by atoms with Gasteiger partial charge in [-0.25, -0.2) is 4.79 Å². The molecule has 8 nitrogen and oxygen atoms in total. The molecular weight excluding hydrogens is 334 g/mol. The van der Waals surface area contributed by atoms with E-state index in [4.69, 9.17) is 4.84 Å². The number of urea groups is 1. The third-order valence-corrected chi connectivity index (χ3v) is 4.95. The minimum atomic E-state index is -0.575. The van der Waals surface area contributed by atoms with Crippen molar-refractivity contribution < 1.29 is 14.4 Å². The van der Waals surface area contributed by atoms with E-state index in [-0.39, 0.29) is 18.0 Å². The summed E-state index contributed by atoms with van der Waals surface area (Å²) < 4.78 is 0. The Morgan fingerprint density at radius 1 is 1.46 bits per heavy atom. The standard InChI is InChI=1S/C18H25N5O3/c1-13(2)22(3)16(24)15-9-18(26-21-15)6-8-23(12-18)17(25)20-11-14-5-4-7-19-10-14/h4-5,7,10,13H,6,8-9,11-12H2,1-3H3,(H,20,25)/t18-/m0/s1. The Morgan fingerprint density at radius 3 is 2.96 bits per heavy atom. The molecular formula is C18H25N5O3. The van der Waals surface area contributed by atoms with E-state index in [0.717, 1.165) is 5.56 Å². The Labute approximate surface area is 153 Å². The van der Waals surface area contributed by atoms with Gasteiger partial charge in [0.15, 0.2) is 5.60 Å². The predicted molar refractivity (Wildman–Crippen MR) is 96.4 cm³/mol. The molecule has 1 saturated heterocycles. The van der Waals surface area contributed by atoms with E-state index < -0.39 is 5.60 Å². The Morgan fingerprint density at radius 2 is 2.27 bits per heavy atom. The topological polar surface area (TPSA) is 87.1 Å². The van der Waals surface area contributed by atoms with E-state index in [0.29, 0.717) is 38.2 Å².